The highest BCUT2D eigenvalue weighted by Crippen LogP contribution is 2.44. The molecule has 1 heterocycles. The molecule has 1 aromatic rings. The van der Waals surface area contributed by atoms with Crippen LogP contribution in [0.4, 0.5) is 0 Å². The van der Waals surface area contributed by atoms with Gasteiger partial charge < -0.3 is 19.9 Å². The minimum absolute atomic E-state index is 0.102. The van der Waals surface area contributed by atoms with Gasteiger partial charge in [-0.25, -0.2) is 0 Å². The Balaban J connectivity index is 2.26. The molecule has 1 fully saturated rings. The van der Waals surface area contributed by atoms with Crippen molar-refractivity contribution in [1.82, 2.24) is 5.32 Å². The van der Waals surface area contributed by atoms with Crippen molar-refractivity contribution >= 4 is 11.6 Å². The molecule has 0 aromatic heterocycles. The van der Waals surface area contributed by atoms with Gasteiger partial charge in [0.05, 0.1) is 14.2 Å². The second kappa shape index (κ2) is 6.35. The Morgan fingerprint density at radius 3 is 2.79 bits per heavy atom. The minimum atomic E-state index is 0.102. The zero-order valence-corrected chi connectivity index (χ0v) is 12.1. The number of rotatable bonds is 4. The lowest BCUT2D eigenvalue weighted by atomic mass is 9.92. The number of nitrogens with one attached hydrogen (secondary N) is 1. The molecule has 1 aromatic carbocycles. The molecule has 1 saturated heterocycles. The number of hydrogen-bond donors (Lipinski definition) is 2. The summed E-state index contributed by atoms with van der Waals surface area (Å²) in [6.45, 7) is 2.06. The Morgan fingerprint density at radius 1 is 1.42 bits per heavy atom. The van der Waals surface area contributed by atoms with Crippen LogP contribution in [0.25, 0.3) is 0 Å². The van der Waals surface area contributed by atoms with E-state index in [0.717, 1.165) is 25.1 Å². The van der Waals surface area contributed by atoms with Crippen molar-refractivity contribution < 1.29 is 14.6 Å². The lowest BCUT2D eigenvalue weighted by Crippen LogP contribution is -2.30. The number of ether oxygens (including phenoxy) is 2. The van der Waals surface area contributed by atoms with Gasteiger partial charge in [-0.1, -0.05) is 11.6 Å². The SMILES string of the molecule is COc1cc(CC2CCCNC2)c(O)c(Cl)c1OC. The molecule has 2 rings (SSSR count). The van der Waals surface area contributed by atoms with Gasteiger partial charge in [0.15, 0.2) is 11.5 Å². The maximum atomic E-state index is 10.2. The summed E-state index contributed by atoms with van der Waals surface area (Å²) in [5, 5.41) is 13.8. The second-order valence-corrected chi connectivity index (χ2v) is 5.23. The molecule has 2 N–H and O–H groups in total. The van der Waals surface area contributed by atoms with Gasteiger partial charge in [0.1, 0.15) is 10.8 Å². The van der Waals surface area contributed by atoms with Crippen LogP contribution >= 0.6 is 11.6 Å². The van der Waals surface area contributed by atoms with E-state index in [1.807, 2.05) is 6.07 Å². The summed E-state index contributed by atoms with van der Waals surface area (Å²) in [5.41, 5.74) is 0.816. The highest BCUT2D eigenvalue weighted by molar-refractivity contribution is 6.33. The fourth-order valence-corrected chi connectivity index (χ4v) is 2.85. The van der Waals surface area contributed by atoms with Gasteiger partial charge in [-0.15, -0.1) is 0 Å². The number of benzene rings is 1. The monoisotopic (exact) mass is 285 g/mol. The Kier molecular flexibility index (Phi) is 4.77. The molecule has 0 radical (unpaired) electrons. The number of phenols is 1. The van der Waals surface area contributed by atoms with Crippen molar-refractivity contribution in [3.05, 3.63) is 16.7 Å². The number of methoxy groups -OCH3 is 2. The van der Waals surface area contributed by atoms with Crippen LogP contribution in [0, 0.1) is 5.92 Å². The summed E-state index contributed by atoms with van der Waals surface area (Å²) in [4.78, 5) is 0. The van der Waals surface area contributed by atoms with Crippen molar-refractivity contribution in [3.8, 4) is 17.2 Å². The molecule has 1 atom stereocenters. The zero-order chi connectivity index (χ0) is 13.8. The summed E-state index contributed by atoms with van der Waals surface area (Å²) < 4.78 is 10.4. The lowest BCUT2D eigenvalue weighted by Gasteiger charge is -2.23. The average molecular weight is 286 g/mol. The predicted octanol–water partition coefficient (Wildman–Crippen LogP) is 2.60. The molecule has 1 aliphatic heterocycles. The van der Waals surface area contributed by atoms with Crippen molar-refractivity contribution in [3.63, 3.8) is 0 Å². The summed E-state index contributed by atoms with van der Waals surface area (Å²) in [6.07, 6.45) is 3.13. The number of aromatic hydroxyl groups is 1. The molecule has 0 bridgehead atoms. The molecule has 1 aliphatic rings. The summed E-state index contributed by atoms with van der Waals surface area (Å²) in [5.74, 6) is 1.56. The lowest BCUT2D eigenvalue weighted by molar-refractivity contribution is 0.345. The van der Waals surface area contributed by atoms with E-state index in [0.29, 0.717) is 17.4 Å². The molecule has 0 amide bonds. The topological polar surface area (TPSA) is 50.7 Å². The van der Waals surface area contributed by atoms with Crippen molar-refractivity contribution in [1.29, 1.82) is 0 Å². The zero-order valence-electron chi connectivity index (χ0n) is 11.3. The molecule has 0 spiro atoms. The first-order valence-electron chi connectivity index (χ1n) is 6.50. The van der Waals surface area contributed by atoms with E-state index in [4.69, 9.17) is 21.1 Å². The molecular formula is C14H20ClNO3. The van der Waals surface area contributed by atoms with Gasteiger partial charge in [0, 0.05) is 0 Å². The predicted molar refractivity (Wildman–Crippen MR) is 75.5 cm³/mol. The normalized spacial score (nSPS) is 19.2. The first kappa shape index (κ1) is 14.3. The van der Waals surface area contributed by atoms with Crippen LogP contribution in [0.2, 0.25) is 5.02 Å². The number of hydrogen-bond acceptors (Lipinski definition) is 4. The van der Waals surface area contributed by atoms with Crippen molar-refractivity contribution in [2.45, 2.75) is 19.3 Å². The van der Waals surface area contributed by atoms with Gasteiger partial charge in [-0.3, -0.25) is 0 Å². The van der Waals surface area contributed by atoms with E-state index in [2.05, 4.69) is 5.32 Å². The van der Waals surface area contributed by atoms with Crippen molar-refractivity contribution in [2.24, 2.45) is 5.92 Å². The third-order valence-corrected chi connectivity index (χ3v) is 3.92. The maximum absolute atomic E-state index is 10.2. The van der Waals surface area contributed by atoms with Crippen LogP contribution in [0.3, 0.4) is 0 Å². The fraction of sp³-hybridized carbons (Fsp3) is 0.571. The third kappa shape index (κ3) is 3.07. The van der Waals surface area contributed by atoms with Crippen LogP contribution in [0.15, 0.2) is 6.07 Å². The van der Waals surface area contributed by atoms with Crippen LogP contribution < -0.4 is 14.8 Å². The average Bonchev–Trinajstić information content (AvgIpc) is 2.45. The van der Waals surface area contributed by atoms with E-state index in [-0.39, 0.29) is 10.8 Å². The van der Waals surface area contributed by atoms with E-state index < -0.39 is 0 Å². The molecule has 0 saturated carbocycles. The first-order valence-corrected chi connectivity index (χ1v) is 6.88. The molecule has 19 heavy (non-hydrogen) atoms. The van der Waals surface area contributed by atoms with Crippen LogP contribution in [0.1, 0.15) is 18.4 Å². The van der Waals surface area contributed by atoms with Crippen LogP contribution in [-0.4, -0.2) is 32.4 Å². The molecule has 106 valence electrons. The molecular weight excluding hydrogens is 266 g/mol. The fourth-order valence-electron chi connectivity index (χ4n) is 2.56. The standard InChI is InChI=1S/C14H20ClNO3/c1-18-11-7-10(6-9-4-3-5-16-8-9)13(17)12(15)14(11)19-2/h7,9,16-17H,3-6,8H2,1-2H3. The molecule has 5 heteroatoms. The van der Waals surface area contributed by atoms with E-state index >= 15 is 0 Å². The largest absolute Gasteiger partial charge is 0.506 e. The minimum Gasteiger partial charge on any atom is -0.506 e. The van der Waals surface area contributed by atoms with Gasteiger partial charge >= 0.3 is 0 Å². The first-order chi connectivity index (χ1) is 9.17. The quantitative estimate of drug-likeness (QED) is 0.893. The molecule has 0 aliphatic carbocycles. The number of phenolic OH excluding ortho intramolecular Hbond substituents is 1. The second-order valence-electron chi connectivity index (χ2n) is 4.85. The summed E-state index contributed by atoms with van der Waals surface area (Å²) >= 11 is 6.13. The Morgan fingerprint density at radius 2 is 2.21 bits per heavy atom. The van der Waals surface area contributed by atoms with Crippen LogP contribution in [-0.2, 0) is 6.42 Å². The van der Waals surface area contributed by atoms with Gasteiger partial charge in [0.2, 0.25) is 0 Å². The number of piperidine rings is 1. The van der Waals surface area contributed by atoms with Gasteiger partial charge in [-0.05, 0) is 49.9 Å². The van der Waals surface area contributed by atoms with E-state index in [1.54, 1.807) is 7.11 Å². The van der Waals surface area contributed by atoms with Gasteiger partial charge in [-0.2, -0.15) is 0 Å². The Labute approximate surface area is 118 Å². The summed E-state index contributed by atoms with van der Waals surface area (Å²) in [7, 11) is 3.07. The van der Waals surface area contributed by atoms with Gasteiger partial charge in [0.25, 0.3) is 0 Å². The van der Waals surface area contributed by atoms with E-state index in [1.165, 1.54) is 20.0 Å². The van der Waals surface area contributed by atoms with E-state index in [9.17, 15) is 5.11 Å². The van der Waals surface area contributed by atoms with Crippen molar-refractivity contribution in [2.75, 3.05) is 27.3 Å². The molecule has 4 nitrogen and oxygen atoms in total. The summed E-state index contributed by atoms with van der Waals surface area (Å²) in [6, 6.07) is 1.81. The molecule has 1 unspecified atom stereocenters. The Bertz CT molecular complexity index is 445. The van der Waals surface area contributed by atoms with Crippen LogP contribution in [0.5, 0.6) is 17.2 Å². The Hall–Kier alpha value is -1.13. The highest BCUT2D eigenvalue weighted by atomic mass is 35.5. The smallest absolute Gasteiger partial charge is 0.183 e. The highest BCUT2D eigenvalue weighted by Gasteiger charge is 2.21. The maximum Gasteiger partial charge on any atom is 0.183 e. The third-order valence-electron chi connectivity index (χ3n) is 3.57. The number of halogens is 1.